The van der Waals surface area contributed by atoms with Crippen LogP contribution in [0.1, 0.15) is 12.5 Å². The average molecular weight is 334 g/mol. The first-order valence-corrected chi connectivity index (χ1v) is 7.77. The van der Waals surface area contributed by atoms with Gasteiger partial charge in [0.2, 0.25) is 11.9 Å². The molecule has 3 N–H and O–H groups in total. The number of carbonyl (C=O) groups is 1. The summed E-state index contributed by atoms with van der Waals surface area (Å²) in [7, 11) is 0. The van der Waals surface area contributed by atoms with Crippen molar-refractivity contribution in [1.82, 2.24) is 15.2 Å². The largest absolute Gasteiger partial charge is 0.339 e. The number of para-hydroxylation sites is 1. The zero-order valence-corrected chi connectivity index (χ0v) is 13.9. The summed E-state index contributed by atoms with van der Waals surface area (Å²) < 4.78 is 0. The van der Waals surface area contributed by atoms with Crippen LogP contribution >= 0.6 is 0 Å². The average Bonchev–Trinajstić information content (AvgIpc) is 2.57. The van der Waals surface area contributed by atoms with Gasteiger partial charge in [-0.1, -0.05) is 24.3 Å². The summed E-state index contributed by atoms with van der Waals surface area (Å²) in [5, 5.41) is 17.0. The van der Waals surface area contributed by atoms with Crippen molar-refractivity contribution in [1.29, 1.82) is 0 Å². The number of carbonyl (C=O) groups excluding carboxylic acids is 1. The summed E-state index contributed by atoms with van der Waals surface area (Å²) >= 11 is 0. The van der Waals surface area contributed by atoms with Crippen molar-refractivity contribution in [2.75, 3.05) is 16.0 Å². The van der Waals surface area contributed by atoms with Gasteiger partial charge < -0.3 is 16.0 Å². The molecular formula is C18H18N6O. The Balaban J connectivity index is 1.76. The highest BCUT2D eigenvalue weighted by Crippen LogP contribution is 2.21. The molecule has 0 fully saturated rings. The second-order valence-corrected chi connectivity index (χ2v) is 5.49. The van der Waals surface area contributed by atoms with Crippen LogP contribution in [0.5, 0.6) is 0 Å². The maximum Gasteiger partial charge on any atom is 0.249 e. The molecule has 0 bridgehead atoms. The molecule has 3 aromatic rings. The van der Waals surface area contributed by atoms with Crippen molar-refractivity contribution in [2.45, 2.75) is 13.8 Å². The molecule has 0 radical (unpaired) electrons. The van der Waals surface area contributed by atoms with Crippen molar-refractivity contribution in [3.63, 3.8) is 0 Å². The minimum Gasteiger partial charge on any atom is -0.339 e. The molecule has 0 saturated heterocycles. The molecule has 1 amide bonds. The van der Waals surface area contributed by atoms with Gasteiger partial charge >= 0.3 is 0 Å². The van der Waals surface area contributed by atoms with E-state index in [2.05, 4.69) is 31.1 Å². The Morgan fingerprint density at radius 2 is 1.80 bits per heavy atom. The van der Waals surface area contributed by atoms with E-state index < -0.39 is 0 Å². The molecule has 0 aliphatic carbocycles. The van der Waals surface area contributed by atoms with Crippen LogP contribution in [0.4, 0.5) is 28.8 Å². The Bertz CT molecular complexity index is 896. The van der Waals surface area contributed by atoms with E-state index >= 15 is 0 Å². The van der Waals surface area contributed by atoms with Gasteiger partial charge in [0, 0.05) is 24.0 Å². The normalized spacial score (nSPS) is 10.2. The van der Waals surface area contributed by atoms with E-state index in [1.54, 1.807) is 0 Å². The van der Waals surface area contributed by atoms with Gasteiger partial charge in [0.15, 0.2) is 5.82 Å². The van der Waals surface area contributed by atoms with E-state index in [0.717, 1.165) is 16.9 Å². The van der Waals surface area contributed by atoms with Crippen LogP contribution in [-0.4, -0.2) is 21.1 Å². The first-order chi connectivity index (χ1) is 12.1. The third-order valence-corrected chi connectivity index (χ3v) is 3.41. The molecule has 0 spiro atoms. The number of amides is 1. The van der Waals surface area contributed by atoms with Gasteiger partial charge in [-0.3, -0.25) is 4.79 Å². The van der Waals surface area contributed by atoms with Gasteiger partial charge in [-0.25, -0.2) is 0 Å². The van der Waals surface area contributed by atoms with Crippen LogP contribution in [0.2, 0.25) is 0 Å². The Morgan fingerprint density at radius 1 is 1.00 bits per heavy atom. The SMILES string of the molecule is CC(=O)Nc1cccc(Nc2cnnc(Nc3ccccc3C)n2)c1. The number of aryl methyl sites for hydroxylation is 1. The second-order valence-electron chi connectivity index (χ2n) is 5.49. The second kappa shape index (κ2) is 7.39. The van der Waals surface area contributed by atoms with E-state index in [4.69, 9.17) is 0 Å². The number of anilines is 5. The Labute approximate surface area is 145 Å². The van der Waals surface area contributed by atoms with Crippen LogP contribution in [0.3, 0.4) is 0 Å². The Hall–Kier alpha value is -3.48. The molecule has 0 saturated carbocycles. The van der Waals surface area contributed by atoms with Crippen molar-refractivity contribution in [3.05, 3.63) is 60.3 Å². The fourth-order valence-electron chi connectivity index (χ4n) is 2.28. The number of hydrogen-bond acceptors (Lipinski definition) is 6. The molecule has 126 valence electrons. The summed E-state index contributed by atoms with van der Waals surface area (Å²) in [5.41, 5.74) is 3.51. The van der Waals surface area contributed by atoms with Gasteiger partial charge in [-0.15, -0.1) is 5.10 Å². The van der Waals surface area contributed by atoms with Gasteiger partial charge in [-0.05, 0) is 36.8 Å². The molecule has 0 unspecified atom stereocenters. The summed E-state index contributed by atoms with van der Waals surface area (Å²) in [4.78, 5) is 15.6. The molecular weight excluding hydrogens is 316 g/mol. The van der Waals surface area contributed by atoms with Crippen LogP contribution in [0, 0.1) is 6.92 Å². The molecule has 25 heavy (non-hydrogen) atoms. The lowest BCUT2D eigenvalue weighted by molar-refractivity contribution is -0.114. The molecule has 2 aromatic carbocycles. The maximum atomic E-state index is 11.2. The third kappa shape index (κ3) is 4.51. The standard InChI is InChI=1S/C18H18N6O/c1-12-6-3-4-9-16(12)22-18-23-17(11-19-24-18)21-15-8-5-7-14(10-15)20-13(2)25/h3-11H,1-2H3,(H,20,25)(H2,21,22,23,24). The Morgan fingerprint density at radius 3 is 2.60 bits per heavy atom. The van der Waals surface area contributed by atoms with E-state index in [1.165, 1.54) is 13.1 Å². The smallest absolute Gasteiger partial charge is 0.249 e. The molecule has 0 aliphatic rings. The van der Waals surface area contributed by atoms with Crippen LogP contribution < -0.4 is 16.0 Å². The van der Waals surface area contributed by atoms with Crippen molar-refractivity contribution >= 4 is 34.7 Å². The number of hydrogen-bond donors (Lipinski definition) is 3. The lowest BCUT2D eigenvalue weighted by Crippen LogP contribution is -2.06. The predicted octanol–water partition coefficient (Wildman–Crippen LogP) is 3.63. The summed E-state index contributed by atoms with van der Waals surface area (Å²) in [6, 6.07) is 15.2. The zero-order valence-electron chi connectivity index (χ0n) is 13.9. The monoisotopic (exact) mass is 334 g/mol. The van der Waals surface area contributed by atoms with E-state index in [1.807, 2.05) is 55.5 Å². The van der Waals surface area contributed by atoms with Gasteiger partial charge in [0.05, 0.1) is 6.20 Å². The third-order valence-electron chi connectivity index (χ3n) is 3.41. The van der Waals surface area contributed by atoms with Gasteiger partial charge in [0.25, 0.3) is 0 Å². The summed E-state index contributed by atoms with van der Waals surface area (Å²) in [5.74, 6) is 0.828. The number of benzene rings is 2. The highest BCUT2D eigenvalue weighted by atomic mass is 16.1. The highest BCUT2D eigenvalue weighted by Gasteiger charge is 2.04. The quantitative estimate of drug-likeness (QED) is 0.660. The van der Waals surface area contributed by atoms with E-state index in [9.17, 15) is 4.79 Å². The number of nitrogens with zero attached hydrogens (tertiary/aromatic N) is 3. The lowest BCUT2D eigenvalue weighted by Gasteiger charge is -2.10. The number of rotatable bonds is 5. The Kier molecular flexibility index (Phi) is 4.84. The van der Waals surface area contributed by atoms with Crippen molar-refractivity contribution in [3.8, 4) is 0 Å². The molecule has 7 nitrogen and oxygen atoms in total. The molecule has 7 heteroatoms. The van der Waals surface area contributed by atoms with E-state index in [0.29, 0.717) is 17.5 Å². The van der Waals surface area contributed by atoms with Crippen LogP contribution in [0.25, 0.3) is 0 Å². The maximum absolute atomic E-state index is 11.2. The molecule has 1 aromatic heterocycles. The van der Waals surface area contributed by atoms with E-state index in [-0.39, 0.29) is 5.91 Å². The molecule has 3 rings (SSSR count). The first-order valence-electron chi connectivity index (χ1n) is 7.77. The van der Waals surface area contributed by atoms with Crippen LogP contribution in [-0.2, 0) is 4.79 Å². The molecule has 0 atom stereocenters. The van der Waals surface area contributed by atoms with Gasteiger partial charge in [0.1, 0.15) is 0 Å². The minimum atomic E-state index is -0.120. The fourth-order valence-corrected chi connectivity index (χ4v) is 2.28. The molecule has 1 heterocycles. The summed E-state index contributed by atoms with van der Waals surface area (Å²) in [6.45, 7) is 3.48. The lowest BCUT2D eigenvalue weighted by atomic mass is 10.2. The van der Waals surface area contributed by atoms with Crippen molar-refractivity contribution in [2.24, 2.45) is 0 Å². The highest BCUT2D eigenvalue weighted by molar-refractivity contribution is 5.89. The molecule has 0 aliphatic heterocycles. The zero-order chi connectivity index (χ0) is 17.6. The van der Waals surface area contributed by atoms with Gasteiger partial charge in [-0.2, -0.15) is 10.1 Å². The summed E-state index contributed by atoms with van der Waals surface area (Å²) in [6.07, 6.45) is 1.54. The first kappa shape index (κ1) is 16.4. The van der Waals surface area contributed by atoms with Crippen LogP contribution in [0.15, 0.2) is 54.7 Å². The number of aromatic nitrogens is 3. The minimum absolute atomic E-state index is 0.120. The number of nitrogens with one attached hydrogen (secondary N) is 3. The topological polar surface area (TPSA) is 91.8 Å². The predicted molar refractivity (Wildman–Crippen MR) is 98.3 cm³/mol. The van der Waals surface area contributed by atoms with Crippen molar-refractivity contribution < 1.29 is 4.79 Å². The fraction of sp³-hybridized carbons (Fsp3) is 0.111.